The zero-order valence-electron chi connectivity index (χ0n) is 10.0. The van der Waals surface area contributed by atoms with Gasteiger partial charge in [-0.1, -0.05) is 11.6 Å². The molecule has 8 heteroatoms. The molecule has 3 rings (SSSR count). The molecule has 0 saturated heterocycles. The molecule has 100 valence electrons. The highest BCUT2D eigenvalue weighted by Crippen LogP contribution is 2.17. The fourth-order valence-corrected chi connectivity index (χ4v) is 1.84. The summed E-state index contributed by atoms with van der Waals surface area (Å²) in [6.07, 6.45) is 7.94. The van der Waals surface area contributed by atoms with Crippen LogP contribution in [0.25, 0.3) is 23.5 Å². The molecule has 1 N–H and O–H groups in total. The zero-order chi connectivity index (χ0) is 13.9. The monoisotopic (exact) mass is 289 g/mol. The lowest BCUT2D eigenvalue weighted by Gasteiger charge is -1.96. The molecule has 0 fully saturated rings. The highest BCUT2D eigenvalue weighted by Gasteiger charge is 2.04. The van der Waals surface area contributed by atoms with Gasteiger partial charge in [-0.2, -0.15) is 0 Å². The normalized spacial score (nSPS) is 11.2. The van der Waals surface area contributed by atoms with Gasteiger partial charge in [0.15, 0.2) is 0 Å². The van der Waals surface area contributed by atoms with Crippen molar-refractivity contribution in [3.63, 3.8) is 0 Å². The number of H-pyrrole nitrogens is 1. The molecule has 0 saturated carbocycles. The van der Waals surface area contributed by atoms with Crippen LogP contribution >= 0.6 is 11.6 Å². The maximum atomic E-state index is 11.4. The fraction of sp³-hybridized carbons (Fsp3) is 0. The topological polar surface area (TPSA) is 89.6 Å². The van der Waals surface area contributed by atoms with E-state index in [0.29, 0.717) is 17.1 Å². The minimum absolute atomic E-state index is 0.267. The number of hydrogen-bond donors (Lipinski definition) is 1. The number of imidazole rings is 1. The van der Waals surface area contributed by atoms with Gasteiger partial charge in [0.1, 0.15) is 5.15 Å². The third-order valence-corrected chi connectivity index (χ3v) is 2.68. The van der Waals surface area contributed by atoms with E-state index >= 15 is 0 Å². The number of aromatic nitrogens is 5. The smallest absolute Gasteiger partial charge is 0.249 e. The van der Waals surface area contributed by atoms with Crippen LogP contribution in [0.3, 0.4) is 0 Å². The van der Waals surface area contributed by atoms with E-state index in [1.165, 1.54) is 12.5 Å². The highest BCUT2D eigenvalue weighted by molar-refractivity contribution is 6.29. The molecule has 0 aliphatic heterocycles. The van der Waals surface area contributed by atoms with Gasteiger partial charge in [0, 0.05) is 30.1 Å². The maximum Gasteiger partial charge on any atom is 0.249 e. The van der Waals surface area contributed by atoms with Gasteiger partial charge >= 0.3 is 0 Å². The van der Waals surface area contributed by atoms with Crippen LogP contribution in [-0.4, -0.2) is 24.7 Å². The van der Waals surface area contributed by atoms with E-state index in [2.05, 4.69) is 20.2 Å². The number of halogens is 1. The largest absolute Gasteiger partial charge is 0.424 e. The molecule has 20 heavy (non-hydrogen) atoms. The van der Waals surface area contributed by atoms with E-state index in [0.717, 1.165) is 0 Å². The molecule has 0 unspecified atom stereocenters. The second-order valence-electron chi connectivity index (χ2n) is 3.88. The fourth-order valence-electron chi connectivity index (χ4n) is 1.63. The SMILES string of the molecule is O=c1cc(-c2cn(/C=C\c3nnco3)cn2)cc(Cl)[nH]1. The number of hydrogen-bond acceptors (Lipinski definition) is 5. The van der Waals surface area contributed by atoms with Crippen LogP contribution in [0.4, 0.5) is 0 Å². The molecule has 0 bridgehead atoms. The summed E-state index contributed by atoms with van der Waals surface area (Å²) in [7, 11) is 0. The number of nitrogens with one attached hydrogen (secondary N) is 1. The Labute approximate surface area is 117 Å². The van der Waals surface area contributed by atoms with Gasteiger partial charge in [-0.25, -0.2) is 4.98 Å². The van der Waals surface area contributed by atoms with E-state index < -0.39 is 0 Å². The van der Waals surface area contributed by atoms with Crippen LogP contribution < -0.4 is 5.56 Å². The molecule has 0 aliphatic rings. The molecule has 3 heterocycles. The van der Waals surface area contributed by atoms with Crippen LogP contribution in [0.2, 0.25) is 5.15 Å². The van der Waals surface area contributed by atoms with E-state index in [1.807, 2.05) is 0 Å². The molecule has 3 aromatic rings. The molecule has 0 aromatic carbocycles. The molecule has 3 aromatic heterocycles. The van der Waals surface area contributed by atoms with Gasteiger partial charge in [0.05, 0.1) is 12.0 Å². The lowest BCUT2D eigenvalue weighted by molar-refractivity contribution is 0.542. The number of pyridine rings is 1. The molecule has 0 radical (unpaired) electrons. The third-order valence-electron chi connectivity index (χ3n) is 2.47. The summed E-state index contributed by atoms with van der Waals surface area (Å²) in [5.74, 6) is 0.388. The van der Waals surface area contributed by atoms with Crippen molar-refractivity contribution in [2.24, 2.45) is 0 Å². The first kappa shape index (κ1) is 12.4. The van der Waals surface area contributed by atoms with Crippen LogP contribution in [0, 0.1) is 0 Å². The number of aromatic amines is 1. The second kappa shape index (κ2) is 5.14. The predicted molar refractivity (Wildman–Crippen MR) is 72.8 cm³/mol. The summed E-state index contributed by atoms with van der Waals surface area (Å²) < 4.78 is 6.68. The zero-order valence-corrected chi connectivity index (χ0v) is 10.8. The first-order valence-corrected chi connectivity index (χ1v) is 5.96. The summed E-state index contributed by atoms with van der Waals surface area (Å²) in [5, 5.41) is 7.55. The molecule has 0 aliphatic carbocycles. The molecular weight excluding hydrogens is 282 g/mol. The third kappa shape index (κ3) is 2.67. The average molecular weight is 290 g/mol. The predicted octanol–water partition coefficient (Wildman–Crippen LogP) is 1.90. The van der Waals surface area contributed by atoms with E-state index in [1.54, 1.807) is 35.4 Å². The lowest BCUT2D eigenvalue weighted by atomic mass is 10.2. The van der Waals surface area contributed by atoms with Gasteiger partial charge in [-0.3, -0.25) is 4.79 Å². The van der Waals surface area contributed by atoms with Crippen molar-refractivity contribution < 1.29 is 4.42 Å². The minimum atomic E-state index is -0.275. The van der Waals surface area contributed by atoms with Crippen molar-refractivity contribution in [3.05, 3.63) is 52.4 Å². The first-order chi connectivity index (χ1) is 9.70. The summed E-state index contributed by atoms with van der Waals surface area (Å²) in [5.41, 5.74) is 1.00. The lowest BCUT2D eigenvalue weighted by Crippen LogP contribution is -2.03. The first-order valence-electron chi connectivity index (χ1n) is 5.59. The van der Waals surface area contributed by atoms with Crippen molar-refractivity contribution in [3.8, 4) is 11.3 Å². The van der Waals surface area contributed by atoms with Crippen LogP contribution in [-0.2, 0) is 0 Å². The quantitative estimate of drug-likeness (QED) is 0.744. The molecular formula is C12H8ClN5O2. The Hall–Kier alpha value is -2.67. The molecule has 0 atom stereocenters. The molecule has 0 amide bonds. The Bertz CT molecular complexity index is 803. The molecule has 7 nitrogen and oxygen atoms in total. The number of nitrogens with zero attached hydrogens (tertiary/aromatic N) is 4. The van der Waals surface area contributed by atoms with E-state index in [-0.39, 0.29) is 10.7 Å². The Balaban J connectivity index is 1.88. The summed E-state index contributed by atoms with van der Waals surface area (Å²) in [6, 6.07) is 3.07. The summed E-state index contributed by atoms with van der Waals surface area (Å²) in [4.78, 5) is 18.0. The van der Waals surface area contributed by atoms with Gasteiger partial charge in [0.25, 0.3) is 0 Å². The number of rotatable bonds is 3. The highest BCUT2D eigenvalue weighted by atomic mass is 35.5. The summed E-state index contributed by atoms with van der Waals surface area (Å²) in [6.45, 7) is 0. The van der Waals surface area contributed by atoms with E-state index in [4.69, 9.17) is 16.0 Å². The van der Waals surface area contributed by atoms with Crippen LogP contribution in [0.15, 0.2) is 40.3 Å². The van der Waals surface area contributed by atoms with Crippen LogP contribution in [0.5, 0.6) is 0 Å². The van der Waals surface area contributed by atoms with Crippen molar-refractivity contribution >= 4 is 23.9 Å². The van der Waals surface area contributed by atoms with Gasteiger partial charge in [0.2, 0.25) is 17.8 Å². The van der Waals surface area contributed by atoms with Crippen LogP contribution in [0.1, 0.15) is 5.89 Å². The van der Waals surface area contributed by atoms with E-state index in [9.17, 15) is 4.79 Å². The van der Waals surface area contributed by atoms with Gasteiger partial charge in [-0.15, -0.1) is 10.2 Å². The molecule has 0 spiro atoms. The van der Waals surface area contributed by atoms with Gasteiger partial charge < -0.3 is 14.0 Å². The Morgan fingerprint density at radius 2 is 2.30 bits per heavy atom. The Morgan fingerprint density at radius 1 is 1.40 bits per heavy atom. The van der Waals surface area contributed by atoms with Crippen molar-refractivity contribution in [2.75, 3.05) is 0 Å². The Kier molecular flexibility index (Phi) is 3.18. The average Bonchev–Trinajstić information content (AvgIpc) is 3.07. The second-order valence-corrected chi connectivity index (χ2v) is 4.29. The van der Waals surface area contributed by atoms with Gasteiger partial charge in [-0.05, 0) is 6.07 Å². The van der Waals surface area contributed by atoms with Crippen molar-refractivity contribution in [1.82, 2.24) is 24.7 Å². The summed E-state index contributed by atoms with van der Waals surface area (Å²) >= 11 is 5.80. The van der Waals surface area contributed by atoms with Crippen molar-refractivity contribution in [2.45, 2.75) is 0 Å². The maximum absolute atomic E-state index is 11.4. The standard InChI is InChI=1S/C12H8ClN5O2/c13-10-3-8(4-11(19)16-10)9-5-18(6-14-9)2-1-12-17-15-7-20-12/h1-7H,(H,16,19)/b2-1-. The minimum Gasteiger partial charge on any atom is -0.424 e. The van der Waals surface area contributed by atoms with Crippen molar-refractivity contribution in [1.29, 1.82) is 0 Å². The Morgan fingerprint density at radius 3 is 3.05 bits per heavy atom.